The lowest BCUT2D eigenvalue weighted by molar-refractivity contribution is 0.240. The molecule has 0 aromatic heterocycles. The number of halogens is 2. The number of benzene rings is 1. The Morgan fingerprint density at radius 2 is 1.80 bits per heavy atom. The van der Waals surface area contributed by atoms with E-state index in [9.17, 15) is 8.78 Å². The van der Waals surface area contributed by atoms with Gasteiger partial charge in [0.05, 0.1) is 0 Å². The first-order chi connectivity index (χ1) is 9.42. The molecule has 20 heavy (non-hydrogen) atoms. The summed E-state index contributed by atoms with van der Waals surface area (Å²) in [5.74, 6) is -0.341. The second kappa shape index (κ2) is 7.72. The van der Waals surface area contributed by atoms with Crippen molar-refractivity contribution in [3.05, 3.63) is 35.4 Å². The maximum Gasteiger partial charge on any atom is 0.129 e. The molecule has 0 amide bonds. The van der Waals surface area contributed by atoms with E-state index in [1.165, 1.54) is 6.07 Å². The number of hydrogen-bond acceptors (Lipinski definition) is 1. The van der Waals surface area contributed by atoms with Crippen LogP contribution < -0.4 is 5.32 Å². The molecule has 0 saturated heterocycles. The fourth-order valence-electron chi connectivity index (χ4n) is 2.51. The molecule has 0 bridgehead atoms. The molecular formula is C17H27F2N. The van der Waals surface area contributed by atoms with Crippen molar-refractivity contribution in [2.45, 2.75) is 47.0 Å². The summed E-state index contributed by atoms with van der Waals surface area (Å²) in [6.45, 7) is 10.5. The Balaban J connectivity index is 2.79. The van der Waals surface area contributed by atoms with Crippen LogP contribution in [0.15, 0.2) is 18.2 Å². The third-order valence-electron chi connectivity index (χ3n) is 4.13. The van der Waals surface area contributed by atoms with Crippen LogP contribution in [0.4, 0.5) is 8.78 Å². The Kier molecular flexibility index (Phi) is 6.60. The highest BCUT2D eigenvalue weighted by Crippen LogP contribution is 2.31. The minimum absolute atomic E-state index is 0.0353. The molecule has 1 aromatic rings. The van der Waals surface area contributed by atoms with E-state index in [4.69, 9.17) is 0 Å². The van der Waals surface area contributed by atoms with Gasteiger partial charge >= 0.3 is 0 Å². The first kappa shape index (κ1) is 17.1. The largest absolute Gasteiger partial charge is 0.316 e. The lowest BCUT2D eigenvalue weighted by Gasteiger charge is -2.33. The van der Waals surface area contributed by atoms with E-state index in [1.807, 2.05) is 0 Å². The highest BCUT2D eigenvalue weighted by molar-refractivity contribution is 5.20. The van der Waals surface area contributed by atoms with Crippen molar-refractivity contribution in [3.63, 3.8) is 0 Å². The third kappa shape index (κ3) is 4.86. The molecule has 1 rings (SSSR count). The summed E-state index contributed by atoms with van der Waals surface area (Å²) >= 11 is 0. The number of hydrogen-bond donors (Lipinski definition) is 1. The van der Waals surface area contributed by atoms with Crippen LogP contribution in [0.1, 0.15) is 46.1 Å². The fourth-order valence-corrected chi connectivity index (χ4v) is 2.51. The minimum Gasteiger partial charge on any atom is -0.316 e. The molecule has 0 spiro atoms. The zero-order valence-electron chi connectivity index (χ0n) is 13.1. The summed E-state index contributed by atoms with van der Waals surface area (Å²) in [7, 11) is 0. The van der Waals surface area contributed by atoms with Crippen LogP contribution in [0.2, 0.25) is 0 Å². The quantitative estimate of drug-likeness (QED) is 0.737. The van der Waals surface area contributed by atoms with Crippen molar-refractivity contribution < 1.29 is 8.78 Å². The summed E-state index contributed by atoms with van der Waals surface area (Å²) < 4.78 is 26.8. The lowest BCUT2D eigenvalue weighted by atomic mass is 9.76. The normalized spacial score (nSPS) is 12.2. The number of nitrogens with one attached hydrogen (secondary N) is 1. The lowest BCUT2D eigenvalue weighted by Crippen LogP contribution is -2.37. The van der Waals surface area contributed by atoms with Gasteiger partial charge in [-0.05, 0) is 48.8 Å². The van der Waals surface area contributed by atoms with Gasteiger partial charge in [-0.15, -0.1) is 0 Å². The second-order valence-corrected chi connectivity index (χ2v) is 6.14. The molecule has 0 saturated carbocycles. The van der Waals surface area contributed by atoms with E-state index in [2.05, 4.69) is 33.0 Å². The van der Waals surface area contributed by atoms with E-state index < -0.39 is 11.6 Å². The second-order valence-electron chi connectivity index (χ2n) is 6.14. The fraction of sp³-hybridized carbons (Fsp3) is 0.647. The molecule has 3 heteroatoms. The molecule has 0 heterocycles. The van der Waals surface area contributed by atoms with Gasteiger partial charge in [-0.3, -0.25) is 0 Å². The SMILES string of the molecule is CCC(CC)(CNCC(C)C)Cc1ccc(F)cc1F. The maximum absolute atomic E-state index is 13.8. The molecule has 1 N–H and O–H groups in total. The molecule has 0 aliphatic carbocycles. The van der Waals surface area contributed by atoms with Gasteiger partial charge in [-0.2, -0.15) is 0 Å². The van der Waals surface area contributed by atoms with E-state index in [-0.39, 0.29) is 5.41 Å². The van der Waals surface area contributed by atoms with Crippen LogP contribution >= 0.6 is 0 Å². The van der Waals surface area contributed by atoms with Gasteiger partial charge in [-0.25, -0.2) is 8.78 Å². The van der Waals surface area contributed by atoms with Gasteiger partial charge in [-0.1, -0.05) is 33.8 Å². The molecule has 1 nitrogen and oxygen atoms in total. The molecule has 1 aromatic carbocycles. The van der Waals surface area contributed by atoms with Gasteiger partial charge < -0.3 is 5.32 Å². The van der Waals surface area contributed by atoms with Crippen molar-refractivity contribution in [1.29, 1.82) is 0 Å². The van der Waals surface area contributed by atoms with Crippen LogP contribution in [0, 0.1) is 23.0 Å². The van der Waals surface area contributed by atoms with Crippen molar-refractivity contribution >= 4 is 0 Å². The average molecular weight is 283 g/mol. The molecule has 114 valence electrons. The molecule has 0 aliphatic rings. The van der Waals surface area contributed by atoms with E-state index in [0.29, 0.717) is 17.9 Å². The van der Waals surface area contributed by atoms with E-state index in [1.54, 1.807) is 6.07 Å². The van der Waals surface area contributed by atoms with E-state index >= 15 is 0 Å². The van der Waals surface area contributed by atoms with Gasteiger partial charge in [0.25, 0.3) is 0 Å². The molecule has 0 aliphatic heterocycles. The third-order valence-corrected chi connectivity index (χ3v) is 4.13. The summed E-state index contributed by atoms with van der Waals surface area (Å²) in [5, 5.41) is 3.48. The Bertz CT molecular complexity index is 411. The first-order valence-electron chi connectivity index (χ1n) is 7.57. The maximum atomic E-state index is 13.8. The Labute approximate surface area is 121 Å². The Morgan fingerprint density at radius 3 is 2.30 bits per heavy atom. The Morgan fingerprint density at radius 1 is 1.15 bits per heavy atom. The minimum atomic E-state index is -0.511. The van der Waals surface area contributed by atoms with Crippen LogP contribution in [0.3, 0.4) is 0 Å². The first-order valence-corrected chi connectivity index (χ1v) is 7.57. The van der Waals surface area contributed by atoms with Crippen molar-refractivity contribution in [1.82, 2.24) is 5.32 Å². The zero-order valence-corrected chi connectivity index (χ0v) is 13.1. The van der Waals surface area contributed by atoms with Crippen LogP contribution in [0.25, 0.3) is 0 Å². The van der Waals surface area contributed by atoms with Crippen molar-refractivity contribution in [2.24, 2.45) is 11.3 Å². The van der Waals surface area contributed by atoms with E-state index in [0.717, 1.165) is 32.0 Å². The highest BCUT2D eigenvalue weighted by Gasteiger charge is 2.27. The summed E-state index contributed by atoms with van der Waals surface area (Å²) in [6.07, 6.45) is 2.61. The Hall–Kier alpha value is -0.960. The zero-order chi connectivity index (χ0) is 15.2. The average Bonchev–Trinajstić information content (AvgIpc) is 2.40. The summed E-state index contributed by atoms with van der Waals surface area (Å²) in [4.78, 5) is 0. The van der Waals surface area contributed by atoms with Crippen LogP contribution in [-0.2, 0) is 6.42 Å². The highest BCUT2D eigenvalue weighted by atomic mass is 19.1. The topological polar surface area (TPSA) is 12.0 Å². The van der Waals surface area contributed by atoms with Gasteiger partial charge in [0.15, 0.2) is 0 Å². The van der Waals surface area contributed by atoms with Crippen LogP contribution in [0.5, 0.6) is 0 Å². The number of rotatable bonds is 8. The smallest absolute Gasteiger partial charge is 0.129 e. The summed E-state index contributed by atoms with van der Waals surface area (Å²) in [5.41, 5.74) is 0.648. The van der Waals surface area contributed by atoms with Gasteiger partial charge in [0, 0.05) is 12.6 Å². The predicted molar refractivity (Wildman–Crippen MR) is 80.8 cm³/mol. The molecule has 0 radical (unpaired) electrons. The standard InChI is InChI=1S/C17H27F2N/c1-5-17(6-2,12-20-11-13(3)4)10-14-7-8-15(18)9-16(14)19/h7-9,13,20H,5-6,10-12H2,1-4H3. The molecule has 0 atom stereocenters. The van der Waals surface area contributed by atoms with Crippen molar-refractivity contribution in [2.75, 3.05) is 13.1 Å². The predicted octanol–water partition coefficient (Wildman–Crippen LogP) is 4.56. The summed E-state index contributed by atoms with van der Waals surface area (Å²) in [6, 6.07) is 3.90. The molecular weight excluding hydrogens is 256 g/mol. The van der Waals surface area contributed by atoms with Gasteiger partial charge in [0.2, 0.25) is 0 Å². The van der Waals surface area contributed by atoms with Gasteiger partial charge in [0.1, 0.15) is 11.6 Å². The molecule has 0 fully saturated rings. The van der Waals surface area contributed by atoms with Crippen LogP contribution in [-0.4, -0.2) is 13.1 Å². The van der Waals surface area contributed by atoms with Crippen molar-refractivity contribution in [3.8, 4) is 0 Å². The molecule has 0 unspecified atom stereocenters. The monoisotopic (exact) mass is 283 g/mol.